The Morgan fingerprint density at radius 2 is 1.58 bits per heavy atom. The molecule has 0 bridgehead atoms. The maximum atomic E-state index is 13.0. The minimum Gasteiger partial charge on any atom is -0.475 e. The van der Waals surface area contributed by atoms with Crippen LogP contribution in [0.1, 0.15) is 22.3 Å². The number of nitrogens with zero attached hydrogens (tertiary/aromatic N) is 3. The summed E-state index contributed by atoms with van der Waals surface area (Å²) in [6.45, 7) is 0.763. The van der Waals surface area contributed by atoms with E-state index in [1.165, 1.54) is 0 Å². The van der Waals surface area contributed by atoms with Gasteiger partial charge in [0.05, 0.1) is 6.04 Å². The largest absolute Gasteiger partial charge is 0.490 e. The Balaban J connectivity index is 0.000000426. The van der Waals surface area contributed by atoms with Gasteiger partial charge in [-0.1, -0.05) is 23.7 Å². The van der Waals surface area contributed by atoms with E-state index in [1.54, 1.807) is 18.3 Å². The van der Waals surface area contributed by atoms with Gasteiger partial charge in [-0.25, -0.2) is 9.59 Å². The number of aliphatic carboxylic acids is 2. The molecule has 1 aromatic carbocycles. The smallest absolute Gasteiger partial charge is 0.475 e. The number of benzene rings is 1. The zero-order chi connectivity index (χ0) is 29.3. The lowest BCUT2D eigenvalue weighted by molar-refractivity contribution is -0.193. The van der Waals surface area contributed by atoms with Crippen LogP contribution < -0.4 is 0 Å². The fraction of sp³-hybridized carbons (Fsp3) is 0.391. The SMILES string of the molecule is CN(C)[C@@H]1CCN(C(=O)c2cccc(Cl)c2)[C@H]1Cc1cccnc1.O=C(O)C(F)(F)F.O=C(O)C(F)(F)F. The van der Waals surface area contributed by atoms with E-state index in [4.69, 9.17) is 31.4 Å². The van der Waals surface area contributed by atoms with Gasteiger partial charge in [0.1, 0.15) is 0 Å². The molecule has 0 saturated carbocycles. The van der Waals surface area contributed by atoms with E-state index in [2.05, 4.69) is 30.0 Å². The summed E-state index contributed by atoms with van der Waals surface area (Å²) < 4.78 is 63.5. The summed E-state index contributed by atoms with van der Waals surface area (Å²) in [4.78, 5) is 39.2. The molecule has 1 aromatic heterocycles. The van der Waals surface area contributed by atoms with Crippen LogP contribution in [0.4, 0.5) is 26.3 Å². The van der Waals surface area contributed by atoms with Gasteiger partial charge in [-0.2, -0.15) is 26.3 Å². The number of aromatic nitrogens is 1. The molecule has 38 heavy (non-hydrogen) atoms. The van der Waals surface area contributed by atoms with Gasteiger partial charge >= 0.3 is 24.3 Å². The number of amides is 1. The maximum absolute atomic E-state index is 13.0. The van der Waals surface area contributed by atoms with Crippen molar-refractivity contribution in [3.8, 4) is 0 Å². The number of carboxylic acid groups (broad SMARTS) is 2. The first kappa shape index (κ1) is 32.6. The van der Waals surface area contributed by atoms with Crippen LogP contribution >= 0.6 is 11.6 Å². The van der Waals surface area contributed by atoms with Gasteiger partial charge in [-0.05, 0) is 56.8 Å². The van der Waals surface area contributed by atoms with Crippen molar-refractivity contribution in [3.05, 3.63) is 64.9 Å². The Hall–Kier alpha value is -3.39. The Morgan fingerprint density at radius 3 is 2.00 bits per heavy atom. The van der Waals surface area contributed by atoms with Crippen LogP contribution in [0.3, 0.4) is 0 Å². The quantitative estimate of drug-likeness (QED) is 0.524. The highest BCUT2D eigenvalue weighted by atomic mass is 35.5. The van der Waals surface area contributed by atoms with E-state index in [-0.39, 0.29) is 11.9 Å². The molecule has 3 rings (SSSR count). The Kier molecular flexibility index (Phi) is 12.0. The zero-order valence-electron chi connectivity index (χ0n) is 20.0. The predicted octanol–water partition coefficient (Wildman–Crippen LogP) is 4.39. The molecule has 1 fully saturated rings. The molecule has 2 heterocycles. The van der Waals surface area contributed by atoms with E-state index >= 15 is 0 Å². The molecule has 1 amide bonds. The van der Waals surface area contributed by atoms with Crippen molar-refractivity contribution < 1.29 is 50.9 Å². The third-order valence-corrected chi connectivity index (χ3v) is 5.39. The standard InChI is InChI=1S/C19H22ClN3O.2C2HF3O2/c1-22(2)17-8-10-23(18(17)11-14-5-4-9-21-13-14)19(24)15-6-3-7-16(20)12-15;2*3-2(4,5)1(6)7/h3-7,9,12-13,17-18H,8,10-11H2,1-2H3;2*(H,6,7)/t17-,18+;;/m1../s1. The Labute approximate surface area is 218 Å². The first-order chi connectivity index (χ1) is 17.4. The summed E-state index contributed by atoms with van der Waals surface area (Å²) in [6.07, 6.45) is -4.73. The first-order valence-corrected chi connectivity index (χ1v) is 11.0. The molecule has 2 aromatic rings. The summed E-state index contributed by atoms with van der Waals surface area (Å²) in [6, 6.07) is 11.7. The molecular formula is C23H24ClF6N3O5. The van der Waals surface area contributed by atoms with Gasteiger partial charge in [0.15, 0.2) is 0 Å². The summed E-state index contributed by atoms with van der Waals surface area (Å²) in [5.41, 5.74) is 1.80. The normalized spacial score (nSPS) is 17.2. The van der Waals surface area contributed by atoms with Crippen LogP contribution in [-0.4, -0.2) is 87.9 Å². The first-order valence-electron chi connectivity index (χ1n) is 10.7. The average Bonchev–Trinajstić information content (AvgIpc) is 3.22. The molecule has 0 unspecified atom stereocenters. The second kappa shape index (κ2) is 14.0. The number of carboxylic acids is 2. The van der Waals surface area contributed by atoms with Gasteiger partial charge in [-0.15, -0.1) is 0 Å². The second-order valence-electron chi connectivity index (χ2n) is 8.07. The molecular weight excluding hydrogens is 548 g/mol. The van der Waals surface area contributed by atoms with Gasteiger partial charge in [0.25, 0.3) is 5.91 Å². The molecule has 1 saturated heterocycles. The van der Waals surface area contributed by atoms with Crippen LogP contribution in [-0.2, 0) is 16.0 Å². The van der Waals surface area contributed by atoms with Crippen molar-refractivity contribution in [1.29, 1.82) is 0 Å². The molecule has 0 spiro atoms. The molecule has 1 aliphatic rings. The zero-order valence-corrected chi connectivity index (χ0v) is 20.8. The van der Waals surface area contributed by atoms with E-state index in [0.29, 0.717) is 16.6 Å². The van der Waals surface area contributed by atoms with Crippen LogP contribution in [0.2, 0.25) is 5.02 Å². The number of alkyl halides is 6. The lowest BCUT2D eigenvalue weighted by Gasteiger charge is -2.31. The Morgan fingerprint density at radius 1 is 1.03 bits per heavy atom. The monoisotopic (exact) mass is 571 g/mol. The summed E-state index contributed by atoms with van der Waals surface area (Å²) in [5.74, 6) is -5.46. The van der Waals surface area contributed by atoms with Crippen LogP contribution in [0.25, 0.3) is 0 Å². The summed E-state index contributed by atoms with van der Waals surface area (Å²) in [7, 11) is 4.16. The molecule has 15 heteroatoms. The molecule has 0 radical (unpaired) electrons. The highest BCUT2D eigenvalue weighted by Crippen LogP contribution is 2.27. The molecule has 210 valence electrons. The molecule has 8 nitrogen and oxygen atoms in total. The maximum Gasteiger partial charge on any atom is 0.490 e. The van der Waals surface area contributed by atoms with E-state index < -0.39 is 24.3 Å². The Bertz CT molecular complexity index is 1060. The third kappa shape index (κ3) is 10.5. The third-order valence-electron chi connectivity index (χ3n) is 5.16. The second-order valence-corrected chi connectivity index (χ2v) is 8.50. The molecule has 1 aliphatic heterocycles. The van der Waals surface area contributed by atoms with E-state index in [1.807, 2.05) is 29.3 Å². The number of carbonyl (C=O) groups excluding carboxylic acids is 1. The van der Waals surface area contributed by atoms with Crippen LogP contribution in [0.5, 0.6) is 0 Å². The topological polar surface area (TPSA) is 111 Å². The fourth-order valence-electron chi connectivity index (χ4n) is 3.49. The number of likely N-dealkylation sites (tertiary alicyclic amines) is 1. The van der Waals surface area contributed by atoms with Gasteiger partial charge < -0.3 is 20.0 Å². The lowest BCUT2D eigenvalue weighted by atomic mass is 10.00. The molecule has 2 N–H and O–H groups in total. The van der Waals surface area contributed by atoms with Crippen molar-refractivity contribution in [2.75, 3.05) is 20.6 Å². The van der Waals surface area contributed by atoms with Crippen molar-refractivity contribution in [2.24, 2.45) is 0 Å². The van der Waals surface area contributed by atoms with Gasteiger partial charge in [0.2, 0.25) is 0 Å². The number of likely N-dealkylation sites (N-methyl/N-ethyl adjacent to an activating group) is 1. The minimum absolute atomic E-state index is 0.0516. The fourth-order valence-corrected chi connectivity index (χ4v) is 3.68. The van der Waals surface area contributed by atoms with Crippen molar-refractivity contribution in [3.63, 3.8) is 0 Å². The van der Waals surface area contributed by atoms with Crippen molar-refractivity contribution >= 4 is 29.4 Å². The number of carbonyl (C=O) groups is 3. The van der Waals surface area contributed by atoms with Crippen molar-refractivity contribution in [2.45, 2.75) is 37.3 Å². The molecule has 0 aliphatic carbocycles. The minimum atomic E-state index is -5.08. The van der Waals surface area contributed by atoms with E-state index in [0.717, 1.165) is 24.9 Å². The van der Waals surface area contributed by atoms with Gasteiger partial charge in [-0.3, -0.25) is 9.78 Å². The summed E-state index contributed by atoms with van der Waals surface area (Å²) in [5, 5.41) is 14.8. The van der Waals surface area contributed by atoms with Crippen molar-refractivity contribution in [1.82, 2.24) is 14.8 Å². The van der Waals surface area contributed by atoms with Crippen LogP contribution in [0.15, 0.2) is 48.8 Å². The highest BCUT2D eigenvalue weighted by Gasteiger charge is 2.39. The number of rotatable bonds is 4. The number of hydrogen-bond acceptors (Lipinski definition) is 5. The highest BCUT2D eigenvalue weighted by molar-refractivity contribution is 6.30. The predicted molar refractivity (Wildman–Crippen MR) is 124 cm³/mol. The number of pyridine rings is 1. The number of hydrogen-bond donors (Lipinski definition) is 2. The number of halogens is 7. The molecule has 2 atom stereocenters. The lowest BCUT2D eigenvalue weighted by Crippen LogP contribution is -2.45. The van der Waals surface area contributed by atoms with Gasteiger partial charge in [0, 0.05) is 35.6 Å². The van der Waals surface area contributed by atoms with E-state index in [9.17, 15) is 31.1 Å². The van der Waals surface area contributed by atoms with Crippen LogP contribution in [0, 0.1) is 0 Å². The summed E-state index contributed by atoms with van der Waals surface area (Å²) >= 11 is 6.05. The average molecular weight is 572 g/mol.